The molecule has 3 heteroatoms. The maximum Gasteiger partial charge on any atom is 0.161 e. The van der Waals surface area contributed by atoms with Crippen LogP contribution in [0.3, 0.4) is 0 Å². The van der Waals surface area contributed by atoms with Gasteiger partial charge in [-0.2, -0.15) is 0 Å². The highest BCUT2D eigenvalue weighted by molar-refractivity contribution is 6.21. The summed E-state index contributed by atoms with van der Waals surface area (Å²) in [6, 6.07) is 6.01. The first-order valence-electron chi connectivity index (χ1n) is 6.26. The molecular formula is C14H19ClO2. The van der Waals surface area contributed by atoms with E-state index in [9.17, 15) is 0 Å². The molecule has 0 spiro atoms. The van der Waals surface area contributed by atoms with Crippen molar-refractivity contribution < 1.29 is 9.47 Å². The first-order valence-corrected chi connectivity index (χ1v) is 6.69. The number of benzene rings is 1. The van der Waals surface area contributed by atoms with Crippen molar-refractivity contribution in [2.75, 3.05) is 13.2 Å². The zero-order valence-electron chi connectivity index (χ0n) is 10.4. The van der Waals surface area contributed by atoms with E-state index in [4.69, 9.17) is 21.1 Å². The second-order valence-corrected chi connectivity index (χ2v) is 5.04. The lowest BCUT2D eigenvalue weighted by Crippen LogP contribution is -2.15. The Morgan fingerprint density at radius 1 is 1.24 bits per heavy atom. The monoisotopic (exact) mass is 254 g/mol. The highest BCUT2D eigenvalue weighted by atomic mass is 35.5. The average molecular weight is 255 g/mol. The van der Waals surface area contributed by atoms with Crippen LogP contribution in [0.2, 0.25) is 0 Å². The lowest BCUT2D eigenvalue weighted by molar-refractivity contribution is 0.171. The molecule has 2 atom stereocenters. The van der Waals surface area contributed by atoms with E-state index >= 15 is 0 Å². The normalized spacial score (nSPS) is 17.6. The predicted molar refractivity (Wildman–Crippen MR) is 70.1 cm³/mol. The average Bonchev–Trinajstić information content (AvgIpc) is 2.37. The van der Waals surface area contributed by atoms with Crippen molar-refractivity contribution in [2.24, 2.45) is 5.92 Å². The van der Waals surface area contributed by atoms with Crippen molar-refractivity contribution in [3.05, 3.63) is 23.8 Å². The SMILES string of the molecule is CCCC(C)C(Cl)c1ccc2c(c1)OCCO2. The third-order valence-electron chi connectivity index (χ3n) is 3.13. The van der Waals surface area contributed by atoms with E-state index in [2.05, 4.69) is 13.8 Å². The molecule has 17 heavy (non-hydrogen) atoms. The maximum absolute atomic E-state index is 6.48. The van der Waals surface area contributed by atoms with Gasteiger partial charge in [-0.05, 0) is 30.0 Å². The van der Waals surface area contributed by atoms with Gasteiger partial charge in [-0.1, -0.05) is 26.3 Å². The number of rotatable bonds is 4. The molecule has 0 amide bonds. The molecule has 2 nitrogen and oxygen atoms in total. The van der Waals surface area contributed by atoms with Crippen molar-refractivity contribution >= 4 is 11.6 Å². The molecule has 0 radical (unpaired) electrons. The molecule has 0 saturated heterocycles. The van der Waals surface area contributed by atoms with Crippen molar-refractivity contribution in [1.29, 1.82) is 0 Å². The summed E-state index contributed by atoms with van der Waals surface area (Å²) in [5.41, 5.74) is 1.12. The van der Waals surface area contributed by atoms with Crippen LogP contribution in [0.1, 0.15) is 37.6 Å². The molecule has 1 aromatic rings. The Morgan fingerprint density at radius 3 is 2.65 bits per heavy atom. The molecule has 2 unspecified atom stereocenters. The molecule has 1 aromatic carbocycles. The zero-order chi connectivity index (χ0) is 12.3. The van der Waals surface area contributed by atoms with Crippen LogP contribution in [-0.2, 0) is 0 Å². The second kappa shape index (κ2) is 5.63. The van der Waals surface area contributed by atoms with E-state index in [0.717, 1.165) is 29.9 Å². The lowest BCUT2D eigenvalue weighted by atomic mass is 9.96. The van der Waals surface area contributed by atoms with Gasteiger partial charge in [0.15, 0.2) is 11.5 Å². The van der Waals surface area contributed by atoms with Gasteiger partial charge in [0.2, 0.25) is 0 Å². The zero-order valence-corrected chi connectivity index (χ0v) is 11.2. The largest absolute Gasteiger partial charge is 0.486 e. The van der Waals surface area contributed by atoms with Crippen LogP contribution in [-0.4, -0.2) is 13.2 Å². The summed E-state index contributed by atoms with van der Waals surface area (Å²) >= 11 is 6.48. The van der Waals surface area contributed by atoms with Crippen molar-refractivity contribution in [1.82, 2.24) is 0 Å². The fourth-order valence-corrected chi connectivity index (χ4v) is 2.42. The summed E-state index contributed by atoms with van der Waals surface area (Å²) in [4.78, 5) is 0. The van der Waals surface area contributed by atoms with Crippen LogP contribution >= 0.6 is 11.6 Å². The molecule has 1 aliphatic heterocycles. The van der Waals surface area contributed by atoms with Crippen LogP contribution in [0.25, 0.3) is 0 Å². The van der Waals surface area contributed by atoms with Gasteiger partial charge in [0.1, 0.15) is 13.2 Å². The number of hydrogen-bond donors (Lipinski definition) is 0. The Hall–Kier alpha value is -0.890. The maximum atomic E-state index is 6.48. The van der Waals surface area contributed by atoms with Crippen LogP contribution in [0.4, 0.5) is 0 Å². The van der Waals surface area contributed by atoms with E-state index in [-0.39, 0.29) is 5.38 Å². The van der Waals surface area contributed by atoms with E-state index in [1.54, 1.807) is 0 Å². The smallest absolute Gasteiger partial charge is 0.161 e. The number of hydrogen-bond acceptors (Lipinski definition) is 2. The van der Waals surface area contributed by atoms with Gasteiger partial charge in [0.05, 0.1) is 5.38 Å². The summed E-state index contributed by atoms with van der Waals surface area (Å²) < 4.78 is 11.1. The predicted octanol–water partition coefficient (Wildman–Crippen LogP) is 4.17. The molecule has 0 aromatic heterocycles. The van der Waals surface area contributed by atoms with Gasteiger partial charge >= 0.3 is 0 Å². The quantitative estimate of drug-likeness (QED) is 0.751. The van der Waals surface area contributed by atoms with E-state index in [0.29, 0.717) is 19.1 Å². The molecule has 1 aliphatic rings. The second-order valence-electron chi connectivity index (χ2n) is 4.57. The minimum Gasteiger partial charge on any atom is -0.486 e. The highest BCUT2D eigenvalue weighted by Gasteiger charge is 2.19. The number of alkyl halides is 1. The molecule has 0 saturated carbocycles. The summed E-state index contributed by atoms with van der Waals surface area (Å²) in [6.45, 7) is 5.62. The molecular weight excluding hydrogens is 236 g/mol. The standard InChI is InChI=1S/C14H19ClO2/c1-3-4-10(2)14(15)11-5-6-12-13(9-11)17-8-7-16-12/h5-6,9-10,14H,3-4,7-8H2,1-2H3. The van der Waals surface area contributed by atoms with Crippen molar-refractivity contribution in [2.45, 2.75) is 32.1 Å². The number of ether oxygens (including phenoxy) is 2. The summed E-state index contributed by atoms with van der Waals surface area (Å²) in [7, 11) is 0. The Balaban J connectivity index is 2.15. The van der Waals surface area contributed by atoms with Crippen LogP contribution in [0.5, 0.6) is 11.5 Å². The Morgan fingerprint density at radius 2 is 1.94 bits per heavy atom. The molecule has 2 rings (SSSR count). The topological polar surface area (TPSA) is 18.5 Å². The number of fused-ring (bicyclic) bond motifs is 1. The molecule has 1 heterocycles. The Bertz CT molecular complexity index is 378. The van der Waals surface area contributed by atoms with Crippen LogP contribution in [0, 0.1) is 5.92 Å². The van der Waals surface area contributed by atoms with E-state index in [1.807, 2.05) is 18.2 Å². The van der Waals surface area contributed by atoms with E-state index < -0.39 is 0 Å². The molecule has 0 fully saturated rings. The lowest BCUT2D eigenvalue weighted by Gasteiger charge is -2.22. The fourth-order valence-electron chi connectivity index (χ4n) is 2.16. The van der Waals surface area contributed by atoms with Gasteiger partial charge in [0, 0.05) is 0 Å². The molecule has 0 aliphatic carbocycles. The third kappa shape index (κ3) is 2.86. The van der Waals surface area contributed by atoms with Crippen molar-refractivity contribution in [3.63, 3.8) is 0 Å². The summed E-state index contributed by atoms with van der Waals surface area (Å²) in [5, 5.41) is 0.0470. The fraction of sp³-hybridized carbons (Fsp3) is 0.571. The summed E-state index contributed by atoms with van der Waals surface area (Å²) in [6.07, 6.45) is 2.30. The minimum absolute atomic E-state index is 0.0470. The molecule has 94 valence electrons. The third-order valence-corrected chi connectivity index (χ3v) is 3.81. The van der Waals surface area contributed by atoms with Gasteiger partial charge in [0.25, 0.3) is 0 Å². The highest BCUT2D eigenvalue weighted by Crippen LogP contribution is 2.37. The number of halogens is 1. The van der Waals surface area contributed by atoms with Gasteiger partial charge in [-0.15, -0.1) is 11.6 Å². The van der Waals surface area contributed by atoms with Crippen LogP contribution < -0.4 is 9.47 Å². The Labute approximate surface area is 108 Å². The first kappa shape index (κ1) is 12.6. The molecule has 0 N–H and O–H groups in total. The molecule has 0 bridgehead atoms. The van der Waals surface area contributed by atoms with E-state index in [1.165, 1.54) is 0 Å². The van der Waals surface area contributed by atoms with Gasteiger partial charge < -0.3 is 9.47 Å². The van der Waals surface area contributed by atoms with Crippen molar-refractivity contribution in [3.8, 4) is 11.5 Å². The minimum atomic E-state index is 0.0470. The van der Waals surface area contributed by atoms with Crippen LogP contribution in [0.15, 0.2) is 18.2 Å². The van der Waals surface area contributed by atoms with Gasteiger partial charge in [-0.25, -0.2) is 0 Å². The first-order chi connectivity index (χ1) is 8.22. The summed E-state index contributed by atoms with van der Waals surface area (Å²) in [5.74, 6) is 2.12. The Kier molecular flexibility index (Phi) is 4.16. The van der Waals surface area contributed by atoms with Gasteiger partial charge in [-0.3, -0.25) is 0 Å².